The second-order valence-corrected chi connectivity index (χ2v) is 10.2. The third kappa shape index (κ3) is 4.00. The van der Waals surface area contributed by atoms with Crippen molar-refractivity contribution in [1.82, 2.24) is 14.9 Å². The fraction of sp³-hybridized carbons (Fsp3) is 0.455. The number of hydrogen-bond donors (Lipinski definition) is 0. The first-order chi connectivity index (χ1) is 14.2. The van der Waals surface area contributed by atoms with Gasteiger partial charge in [-0.2, -0.15) is 0 Å². The second-order valence-electron chi connectivity index (χ2n) is 7.66. The summed E-state index contributed by atoms with van der Waals surface area (Å²) < 4.78 is 0. The van der Waals surface area contributed by atoms with Crippen LogP contribution in [0.3, 0.4) is 0 Å². The summed E-state index contributed by atoms with van der Waals surface area (Å²) in [6, 6.07) is 8.01. The van der Waals surface area contributed by atoms with E-state index in [9.17, 15) is 0 Å². The predicted octanol–water partition coefficient (Wildman–Crippen LogP) is 5.27. The maximum Gasteiger partial charge on any atom is 0.142 e. The van der Waals surface area contributed by atoms with Gasteiger partial charge in [0.1, 0.15) is 16.5 Å². The van der Waals surface area contributed by atoms with Crippen molar-refractivity contribution in [2.75, 3.05) is 37.6 Å². The Kier molecular flexibility index (Phi) is 5.69. The number of hydrogen-bond acceptors (Lipinski definition) is 6. The molecule has 1 saturated heterocycles. The van der Waals surface area contributed by atoms with Crippen molar-refractivity contribution in [3.63, 3.8) is 0 Å². The number of benzene rings is 1. The Hall–Kier alpha value is -1.34. The van der Waals surface area contributed by atoms with Crippen LogP contribution >= 0.6 is 34.7 Å². The number of aryl methyl sites for hydroxylation is 2. The average Bonchev–Trinajstić information content (AvgIpc) is 3.34. The molecule has 1 aliphatic heterocycles. The number of aromatic nitrogens is 2. The lowest BCUT2D eigenvalue weighted by molar-refractivity contribution is 0.270. The molecule has 4 nitrogen and oxygen atoms in total. The van der Waals surface area contributed by atoms with Gasteiger partial charge >= 0.3 is 0 Å². The minimum Gasteiger partial charge on any atom is -0.353 e. The lowest BCUT2D eigenvalue weighted by Gasteiger charge is -2.35. The number of anilines is 1. The topological polar surface area (TPSA) is 32.3 Å². The highest BCUT2D eigenvalue weighted by Gasteiger charge is 2.26. The number of thioether (sulfide) groups is 1. The van der Waals surface area contributed by atoms with Crippen LogP contribution in [0.25, 0.3) is 10.2 Å². The second kappa shape index (κ2) is 8.42. The number of likely N-dealkylation sites (N-methyl/N-ethyl adjacent to an activating group) is 1. The fourth-order valence-electron chi connectivity index (χ4n) is 4.27. The summed E-state index contributed by atoms with van der Waals surface area (Å²) in [5.74, 6) is 2.89. The van der Waals surface area contributed by atoms with Crippen molar-refractivity contribution < 1.29 is 0 Å². The Balaban J connectivity index is 1.47. The highest BCUT2D eigenvalue weighted by Crippen LogP contribution is 2.41. The van der Waals surface area contributed by atoms with Gasteiger partial charge in [-0.15, -0.1) is 23.1 Å². The molecule has 0 spiro atoms. The molecule has 5 rings (SSSR count). The molecular formula is C22H25ClN4S2. The normalized spacial score (nSPS) is 17.2. The number of piperazine rings is 1. The fourth-order valence-corrected chi connectivity index (χ4v) is 6.42. The van der Waals surface area contributed by atoms with Gasteiger partial charge in [-0.3, -0.25) is 0 Å². The van der Waals surface area contributed by atoms with E-state index >= 15 is 0 Å². The van der Waals surface area contributed by atoms with Crippen molar-refractivity contribution in [1.29, 1.82) is 0 Å². The van der Waals surface area contributed by atoms with Crippen LogP contribution in [0.15, 0.2) is 29.2 Å². The van der Waals surface area contributed by atoms with Crippen LogP contribution in [0.5, 0.6) is 0 Å². The van der Waals surface area contributed by atoms with Crippen molar-refractivity contribution in [3.8, 4) is 0 Å². The summed E-state index contributed by atoms with van der Waals surface area (Å²) in [7, 11) is 0. The monoisotopic (exact) mass is 444 g/mol. The molecule has 1 aliphatic carbocycles. The zero-order valence-electron chi connectivity index (χ0n) is 16.7. The molecule has 0 saturated carbocycles. The molecule has 2 aliphatic rings. The first-order valence-electron chi connectivity index (χ1n) is 10.4. The van der Waals surface area contributed by atoms with E-state index in [0.717, 1.165) is 49.3 Å². The molecule has 3 heterocycles. The average molecular weight is 445 g/mol. The quantitative estimate of drug-likeness (QED) is 0.500. The molecule has 0 bridgehead atoms. The standard InChI is InChI=1S/C22H25ClN4S2/c1-2-26-10-12-27(13-11-26)21-20-17-4-3-5-18(17)29-22(20)25-19(24-21)14-28-16-8-6-15(23)7-9-16/h6-9H,2-5,10-14H2,1H3. The van der Waals surface area contributed by atoms with E-state index in [0.29, 0.717) is 0 Å². The van der Waals surface area contributed by atoms with Gasteiger partial charge in [-0.05, 0) is 55.6 Å². The van der Waals surface area contributed by atoms with Gasteiger partial charge in [0.25, 0.3) is 0 Å². The number of thiophene rings is 1. The number of fused-ring (bicyclic) bond motifs is 3. The molecular weight excluding hydrogens is 420 g/mol. The Bertz CT molecular complexity index is 1010. The van der Waals surface area contributed by atoms with Crippen LogP contribution < -0.4 is 4.90 Å². The molecule has 152 valence electrons. The highest BCUT2D eigenvalue weighted by molar-refractivity contribution is 7.98. The molecule has 3 aromatic rings. The van der Waals surface area contributed by atoms with Gasteiger partial charge in [0, 0.05) is 41.0 Å². The van der Waals surface area contributed by atoms with Crippen LogP contribution in [0.2, 0.25) is 5.02 Å². The third-order valence-electron chi connectivity index (χ3n) is 5.89. The molecule has 0 amide bonds. The summed E-state index contributed by atoms with van der Waals surface area (Å²) in [6.07, 6.45) is 3.65. The largest absolute Gasteiger partial charge is 0.353 e. The van der Waals surface area contributed by atoms with Crippen molar-refractivity contribution in [2.24, 2.45) is 0 Å². The van der Waals surface area contributed by atoms with Gasteiger partial charge < -0.3 is 9.80 Å². The van der Waals surface area contributed by atoms with Crippen LogP contribution in [-0.2, 0) is 18.6 Å². The van der Waals surface area contributed by atoms with E-state index in [1.165, 1.54) is 50.6 Å². The molecule has 7 heteroatoms. The van der Waals surface area contributed by atoms with Crippen LogP contribution in [0.1, 0.15) is 29.6 Å². The lowest BCUT2D eigenvalue weighted by atomic mass is 10.1. The van der Waals surface area contributed by atoms with E-state index in [-0.39, 0.29) is 0 Å². The van der Waals surface area contributed by atoms with E-state index < -0.39 is 0 Å². The maximum atomic E-state index is 6.02. The minimum absolute atomic E-state index is 0.772. The first-order valence-corrected chi connectivity index (χ1v) is 12.6. The van der Waals surface area contributed by atoms with E-state index in [4.69, 9.17) is 21.6 Å². The van der Waals surface area contributed by atoms with Crippen molar-refractivity contribution >= 4 is 50.7 Å². The molecule has 0 unspecified atom stereocenters. The van der Waals surface area contributed by atoms with E-state index in [1.807, 2.05) is 23.5 Å². The predicted molar refractivity (Wildman–Crippen MR) is 125 cm³/mol. The molecule has 1 fully saturated rings. The summed E-state index contributed by atoms with van der Waals surface area (Å²) in [4.78, 5) is 19.0. The zero-order chi connectivity index (χ0) is 19.8. The van der Waals surface area contributed by atoms with Gasteiger partial charge in [-0.25, -0.2) is 9.97 Å². The lowest BCUT2D eigenvalue weighted by Crippen LogP contribution is -2.46. The van der Waals surface area contributed by atoms with E-state index in [2.05, 4.69) is 28.9 Å². The van der Waals surface area contributed by atoms with Gasteiger partial charge in [0.2, 0.25) is 0 Å². The zero-order valence-corrected chi connectivity index (χ0v) is 19.0. The summed E-state index contributed by atoms with van der Waals surface area (Å²) >= 11 is 9.68. The maximum absolute atomic E-state index is 6.02. The van der Waals surface area contributed by atoms with Crippen molar-refractivity contribution in [2.45, 2.75) is 36.8 Å². The molecule has 2 aromatic heterocycles. The molecule has 29 heavy (non-hydrogen) atoms. The SMILES string of the molecule is CCN1CCN(c2nc(CSc3ccc(Cl)cc3)nc3sc4c(c23)CCC4)CC1. The number of rotatable bonds is 5. The van der Waals surface area contributed by atoms with Gasteiger partial charge in [0.05, 0.1) is 11.1 Å². The minimum atomic E-state index is 0.772. The van der Waals surface area contributed by atoms with Gasteiger partial charge in [-0.1, -0.05) is 18.5 Å². The van der Waals surface area contributed by atoms with E-state index in [1.54, 1.807) is 11.8 Å². The number of halogens is 1. The Morgan fingerprint density at radius 1 is 1.07 bits per heavy atom. The summed E-state index contributed by atoms with van der Waals surface area (Å²) in [6.45, 7) is 7.70. The molecule has 1 aromatic carbocycles. The Morgan fingerprint density at radius 2 is 1.86 bits per heavy atom. The van der Waals surface area contributed by atoms with Crippen LogP contribution in [-0.4, -0.2) is 47.6 Å². The number of nitrogens with zero attached hydrogens (tertiary/aromatic N) is 4. The third-order valence-corrected chi connectivity index (χ3v) is 8.34. The van der Waals surface area contributed by atoms with Gasteiger partial charge in [0.15, 0.2) is 0 Å². The molecule has 0 radical (unpaired) electrons. The van der Waals surface area contributed by atoms with Crippen LogP contribution in [0, 0.1) is 0 Å². The smallest absolute Gasteiger partial charge is 0.142 e. The highest BCUT2D eigenvalue weighted by atomic mass is 35.5. The van der Waals surface area contributed by atoms with Crippen molar-refractivity contribution in [3.05, 3.63) is 45.6 Å². The Morgan fingerprint density at radius 3 is 2.62 bits per heavy atom. The van der Waals surface area contributed by atoms with Crippen LogP contribution in [0.4, 0.5) is 5.82 Å². The summed E-state index contributed by atoms with van der Waals surface area (Å²) in [5.41, 5.74) is 1.52. The first kappa shape index (κ1) is 19.6. The summed E-state index contributed by atoms with van der Waals surface area (Å²) in [5, 5.41) is 2.11. The molecule has 0 atom stereocenters. The molecule has 0 N–H and O–H groups in total. The Labute approximate surface area is 185 Å².